The summed E-state index contributed by atoms with van der Waals surface area (Å²) in [7, 11) is 0. The second-order valence-corrected chi connectivity index (χ2v) is 11.9. The Morgan fingerprint density at radius 2 is 1.48 bits per heavy atom. The van der Waals surface area contributed by atoms with Gasteiger partial charge in [0, 0.05) is 48.3 Å². The van der Waals surface area contributed by atoms with Gasteiger partial charge in [0.05, 0.1) is 0 Å². The third-order valence-corrected chi connectivity index (χ3v) is 8.45. The predicted molar refractivity (Wildman–Crippen MR) is 173 cm³/mol. The summed E-state index contributed by atoms with van der Waals surface area (Å²) in [6.45, 7) is 3.78. The Hall–Kier alpha value is -3.82. The monoisotopic (exact) mass is 703 g/mol. The molecule has 0 spiro atoms. The van der Waals surface area contributed by atoms with Gasteiger partial charge >= 0.3 is 24.3 Å². The van der Waals surface area contributed by atoms with E-state index in [0.717, 1.165) is 66.6 Å². The van der Waals surface area contributed by atoms with E-state index in [1.165, 1.54) is 5.56 Å². The van der Waals surface area contributed by atoms with Crippen molar-refractivity contribution in [3.05, 3.63) is 83.9 Å². The van der Waals surface area contributed by atoms with Crippen LogP contribution in [0.2, 0.25) is 0 Å². The van der Waals surface area contributed by atoms with Crippen LogP contribution in [0.15, 0.2) is 72.8 Å². The molecule has 264 valence electrons. The molecule has 1 unspecified atom stereocenters. The number of unbranched alkanes of at least 4 members (excludes halogenated alkanes) is 1. The summed E-state index contributed by atoms with van der Waals surface area (Å²) in [5.41, 5.74) is 8.79. The minimum absolute atomic E-state index is 0.0468. The zero-order valence-corrected chi connectivity index (χ0v) is 27.0. The number of nitrogens with two attached hydrogens (primary N) is 1. The summed E-state index contributed by atoms with van der Waals surface area (Å²) < 4.78 is 63.5. The van der Waals surface area contributed by atoms with Gasteiger partial charge in [-0.05, 0) is 35.2 Å². The predicted octanol–water partition coefficient (Wildman–Crippen LogP) is 6.73. The van der Waals surface area contributed by atoms with E-state index in [2.05, 4.69) is 59.6 Å². The molecule has 4 rings (SSSR count). The fourth-order valence-corrected chi connectivity index (χ4v) is 5.98. The average molecular weight is 704 g/mol. The lowest BCUT2D eigenvalue weighted by Crippen LogP contribution is -2.61. The Morgan fingerprint density at radius 1 is 0.917 bits per heavy atom. The van der Waals surface area contributed by atoms with E-state index in [4.69, 9.17) is 25.5 Å². The topological polar surface area (TPSA) is 133 Å². The first kappa shape index (κ1) is 40.4. The number of rotatable bonds is 10. The molecule has 5 N–H and O–H groups in total. The lowest BCUT2D eigenvalue weighted by molar-refractivity contribution is -0.193. The Bertz CT molecular complexity index is 1430. The van der Waals surface area contributed by atoms with E-state index in [1.807, 2.05) is 42.1 Å². The van der Waals surface area contributed by atoms with Crippen molar-refractivity contribution in [2.45, 2.75) is 68.8 Å². The number of thioether (sulfide) groups is 1. The molecule has 48 heavy (non-hydrogen) atoms. The van der Waals surface area contributed by atoms with Crippen LogP contribution in [0.3, 0.4) is 0 Å². The van der Waals surface area contributed by atoms with Crippen molar-refractivity contribution < 1.29 is 50.9 Å². The van der Waals surface area contributed by atoms with Crippen molar-refractivity contribution in [2.24, 2.45) is 5.73 Å². The number of hydrogen-bond acceptors (Lipinski definition) is 6. The van der Waals surface area contributed by atoms with Gasteiger partial charge in [-0.15, -0.1) is 0 Å². The summed E-state index contributed by atoms with van der Waals surface area (Å²) in [6, 6.07) is 25.2. The molecule has 15 heteroatoms. The van der Waals surface area contributed by atoms with Gasteiger partial charge in [-0.2, -0.15) is 38.1 Å². The molecular weight excluding hydrogens is 664 g/mol. The fourth-order valence-electron chi connectivity index (χ4n) is 5.00. The van der Waals surface area contributed by atoms with E-state index in [9.17, 15) is 31.1 Å². The summed E-state index contributed by atoms with van der Waals surface area (Å²) >= 11 is 1.88. The Morgan fingerprint density at radius 3 is 2.06 bits per heavy atom. The van der Waals surface area contributed by atoms with Crippen LogP contribution in [0.1, 0.15) is 48.5 Å². The van der Waals surface area contributed by atoms with Gasteiger partial charge in [0.25, 0.3) is 5.91 Å². The highest BCUT2D eigenvalue weighted by atomic mass is 32.2. The van der Waals surface area contributed by atoms with E-state index >= 15 is 0 Å². The van der Waals surface area contributed by atoms with Crippen molar-refractivity contribution in [2.75, 3.05) is 18.8 Å². The lowest BCUT2D eigenvalue weighted by Gasteiger charge is -2.43. The molecule has 1 aliphatic heterocycles. The van der Waals surface area contributed by atoms with E-state index in [1.54, 1.807) is 0 Å². The molecule has 1 aliphatic rings. The van der Waals surface area contributed by atoms with Crippen molar-refractivity contribution in [1.29, 1.82) is 0 Å². The summed E-state index contributed by atoms with van der Waals surface area (Å²) in [6.07, 6.45) is -5.96. The average Bonchev–Trinajstić information content (AvgIpc) is 3.04. The second-order valence-electron chi connectivity index (χ2n) is 10.9. The van der Waals surface area contributed by atoms with Crippen molar-refractivity contribution in [3.8, 4) is 0 Å². The molecule has 1 amide bonds. The number of aliphatic carboxylic acids is 2. The van der Waals surface area contributed by atoms with Crippen LogP contribution in [-0.4, -0.2) is 82.3 Å². The second kappa shape index (κ2) is 19.2. The summed E-state index contributed by atoms with van der Waals surface area (Å²) in [4.78, 5) is 33.8. The molecule has 0 aromatic heterocycles. The fraction of sp³-hybridized carbons (Fsp3) is 0.424. The van der Waals surface area contributed by atoms with E-state index in [0.29, 0.717) is 0 Å². The quantitative estimate of drug-likeness (QED) is 0.171. The molecule has 3 aromatic rings. The number of piperazine rings is 1. The Kier molecular flexibility index (Phi) is 16.2. The number of benzene rings is 3. The highest BCUT2D eigenvalue weighted by Crippen LogP contribution is 2.26. The van der Waals surface area contributed by atoms with Crippen LogP contribution in [0, 0.1) is 0 Å². The molecule has 0 radical (unpaired) electrons. The maximum atomic E-state index is 13.9. The molecule has 1 saturated heterocycles. The minimum Gasteiger partial charge on any atom is -0.475 e. The first-order valence-electron chi connectivity index (χ1n) is 15.1. The highest BCUT2D eigenvalue weighted by Gasteiger charge is 2.39. The van der Waals surface area contributed by atoms with Crippen molar-refractivity contribution in [3.63, 3.8) is 0 Å². The summed E-state index contributed by atoms with van der Waals surface area (Å²) in [5, 5.41) is 20.1. The van der Waals surface area contributed by atoms with Crippen LogP contribution in [0.4, 0.5) is 26.3 Å². The summed E-state index contributed by atoms with van der Waals surface area (Å²) in [5.74, 6) is -3.52. The van der Waals surface area contributed by atoms with Crippen LogP contribution >= 0.6 is 11.8 Å². The first-order valence-corrected chi connectivity index (χ1v) is 16.2. The van der Waals surface area contributed by atoms with Gasteiger partial charge in [0.1, 0.15) is 0 Å². The van der Waals surface area contributed by atoms with Gasteiger partial charge in [0.15, 0.2) is 0 Å². The van der Waals surface area contributed by atoms with E-state index < -0.39 is 24.3 Å². The van der Waals surface area contributed by atoms with Crippen molar-refractivity contribution in [1.82, 2.24) is 10.2 Å². The SMILES string of the molecule is CCCC[C@@H]1NCCN(C(=O)c2cccc3ccccc23)C1C[C@@H](N)CSCc1ccccc1.O=C(O)C(F)(F)F.O=C(O)C(F)(F)F. The molecule has 1 heterocycles. The molecule has 0 bridgehead atoms. The number of carbonyl (C=O) groups excluding carboxylic acids is 1. The maximum absolute atomic E-state index is 13.9. The van der Waals surface area contributed by atoms with Gasteiger partial charge < -0.3 is 26.2 Å². The van der Waals surface area contributed by atoms with Gasteiger partial charge in [0.2, 0.25) is 0 Å². The van der Waals surface area contributed by atoms with Crippen LogP contribution in [0.5, 0.6) is 0 Å². The molecule has 3 atom stereocenters. The number of nitrogens with one attached hydrogen (secondary N) is 1. The molecule has 0 aliphatic carbocycles. The number of amides is 1. The number of carboxylic acid groups (broad SMARTS) is 2. The van der Waals surface area contributed by atoms with Gasteiger partial charge in [-0.25, -0.2) is 9.59 Å². The Balaban J connectivity index is 0.000000479. The normalized spacial score (nSPS) is 17.0. The maximum Gasteiger partial charge on any atom is 0.490 e. The number of carboxylic acids is 2. The third kappa shape index (κ3) is 13.4. The zero-order chi connectivity index (χ0) is 35.9. The number of carbonyl (C=O) groups is 3. The van der Waals surface area contributed by atoms with Gasteiger partial charge in [-0.3, -0.25) is 4.79 Å². The third-order valence-electron chi connectivity index (χ3n) is 7.25. The van der Waals surface area contributed by atoms with Crippen LogP contribution in [-0.2, 0) is 15.3 Å². The zero-order valence-electron chi connectivity index (χ0n) is 26.1. The van der Waals surface area contributed by atoms with Crippen LogP contribution in [0.25, 0.3) is 10.8 Å². The number of halogens is 6. The van der Waals surface area contributed by atoms with Crippen LogP contribution < -0.4 is 11.1 Å². The molecule has 1 fully saturated rings. The van der Waals surface area contributed by atoms with Crippen molar-refractivity contribution >= 4 is 40.4 Å². The minimum atomic E-state index is -5.08. The molecule has 0 saturated carbocycles. The first-order chi connectivity index (χ1) is 22.6. The molecular formula is C33H39F6N3O5S. The standard InChI is InChI=1S/C29H37N3OS.2C2HF3O2/c1-2-3-16-27-28(19-24(30)21-34-20-22-10-5-4-6-11-22)32(18-17-31-27)29(33)26-15-9-13-23-12-7-8-14-25(23)26;2*3-2(4,5)1(6)7/h4-15,24,27-28,31H,2-3,16-21,30H2,1H3;2*(H,6,7)/t24-,27+,28?;;/m1../s1. The number of nitrogens with zero attached hydrogens (tertiary/aromatic N) is 1. The highest BCUT2D eigenvalue weighted by molar-refractivity contribution is 7.98. The number of hydrogen-bond donors (Lipinski definition) is 4. The number of fused-ring (bicyclic) bond motifs is 1. The lowest BCUT2D eigenvalue weighted by atomic mass is 9.92. The largest absolute Gasteiger partial charge is 0.490 e. The Labute approximate surface area is 278 Å². The van der Waals surface area contributed by atoms with E-state index in [-0.39, 0.29) is 24.0 Å². The van der Waals surface area contributed by atoms with Gasteiger partial charge in [-0.1, -0.05) is 86.5 Å². The number of alkyl halides is 6. The molecule has 8 nitrogen and oxygen atoms in total. The smallest absolute Gasteiger partial charge is 0.475 e. The molecule has 3 aromatic carbocycles.